The Labute approximate surface area is 145 Å². The minimum Gasteiger partial charge on any atom is -0.333 e. The number of nitrogens with zero attached hydrogens (tertiary/aromatic N) is 2. The van der Waals surface area contributed by atoms with Crippen molar-refractivity contribution in [2.45, 2.75) is 19.8 Å². The van der Waals surface area contributed by atoms with E-state index >= 15 is 0 Å². The summed E-state index contributed by atoms with van der Waals surface area (Å²) in [4.78, 5) is 4.58. The first-order valence-electron chi connectivity index (χ1n) is 8.56. The molecule has 0 bridgehead atoms. The van der Waals surface area contributed by atoms with Gasteiger partial charge in [0.2, 0.25) is 0 Å². The van der Waals surface area contributed by atoms with Crippen LogP contribution in [0.5, 0.6) is 0 Å². The first-order valence-corrected chi connectivity index (χ1v) is 8.56. The summed E-state index contributed by atoms with van der Waals surface area (Å²) in [5.74, 6) is 1.18. The van der Waals surface area contributed by atoms with Gasteiger partial charge >= 0.3 is 0 Å². The molecule has 0 N–H and O–H groups in total. The van der Waals surface area contributed by atoms with Gasteiger partial charge in [0.1, 0.15) is 5.82 Å². The lowest BCUT2D eigenvalue weighted by Crippen LogP contribution is -2.23. The first-order chi connectivity index (χ1) is 11.8. The Morgan fingerprint density at radius 2 is 1.71 bits per heavy atom. The van der Waals surface area contributed by atoms with Crippen molar-refractivity contribution in [1.82, 2.24) is 4.90 Å². The highest BCUT2D eigenvalue weighted by molar-refractivity contribution is 5.73. The van der Waals surface area contributed by atoms with Crippen molar-refractivity contribution < 1.29 is 0 Å². The molecule has 3 rings (SSSR count). The van der Waals surface area contributed by atoms with E-state index in [1.54, 1.807) is 0 Å². The standard InChI is InChI=1S/C22H24N2/c1-3-5-15-23-16-17-24(21-14-10-9-13-20(21)4-2)22(23)18-19-11-7-6-8-12-19/h4,6-14,16-18H,2-3,5,15H2,1H3/b22-18+. The number of hydrogen-bond acceptors (Lipinski definition) is 2. The fourth-order valence-corrected chi connectivity index (χ4v) is 2.89. The maximum absolute atomic E-state index is 3.96. The zero-order valence-electron chi connectivity index (χ0n) is 14.2. The maximum atomic E-state index is 3.96. The molecule has 2 nitrogen and oxygen atoms in total. The average molecular weight is 316 g/mol. The van der Waals surface area contributed by atoms with Crippen LogP contribution in [-0.2, 0) is 0 Å². The van der Waals surface area contributed by atoms with Gasteiger partial charge < -0.3 is 9.80 Å². The molecule has 0 unspecified atom stereocenters. The Morgan fingerprint density at radius 3 is 2.46 bits per heavy atom. The predicted molar refractivity (Wildman–Crippen MR) is 104 cm³/mol. The molecule has 0 saturated heterocycles. The van der Waals surface area contributed by atoms with Crippen molar-refractivity contribution in [3.05, 3.63) is 90.5 Å². The minimum absolute atomic E-state index is 1.03. The third-order valence-corrected chi connectivity index (χ3v) is 4.20. The van der Waals surface area contributed by atoms with Gasteiger partial charge in [0, 0.05) is 18.9 Å². The van der Waals surface area contributed by atoms with E-state index in [1.807, 2.05) is 6.08 Å². The number of para-hydroxylation sites is 1. The third kappa shape index (κ3) is 3.43. The molecule has 2 heteroatoms. The van der Waals surface area contributed by atoms with E-state index in [2.05, 4.69) is 96.4 Å². The second-order valence-corrected chi connectivity index (χ2v) is 5.89. The van der Waals surface area contributed by atoms with Crippen LogP contribution in [0.3, 0.4) is 0 Å². The third-order valence-electron chi connectivity index (χ3n) is 4.20. The van der Waals surface area contributed by atoms with Crippen molar-refractivity contribution in [2.75, 3.05) is 11.4 Å². The molecule has 0 aliphatic carbocycles. The number of hydrogen-bond donors (Lipinski definition) is 0. The van der Waals surface area contributed by atoms with E-state index in [0.717, 1.165) is 17.8 Å². The average Bonchev–Trinajstić information content (AvgIpc) is 3.03. The van der Waals surface area contributed by atoms with E-state index in [9.17, 15) is 0 Å². The van der Waals surface area contributed by atoms with E-state index in [4.69, 9.17) is 0 Å². The Bertz CT molecular complexity index is 744. The molecular formula is C22H24N2. The van der Waals surface area contributed by atoms with Crippen LogP contribution >= 0.6 is 0 Å². The van der Waals surface area contributed by atoms with Gasteiger partial charge in [0.15, 0.2) is 0 Å². The van der Waals surface area contributed by atoms with Crippen LogP contribution in [0.4, 0.5) is 5.69 Å². The van der Waals surface area contributed by atoms with Gasteiger partial charge in [-0.3, -0.25) is 0 Å². The van der Waals surface area contributed by atoms with Crippen LogP contribution in [-0.4, -0.2) is 11.4 Å². The number of benzene rings is 2. The summed E-state index contributed by atoms with van der Waals surface area (Å²) in [6, 6.07) is 18.9. The van der Waals surface area contributed by atoms with E-state index in [0.29, 0.717) is 0 Å². The Kier molecular flexibility index (Phi) is 5.17. The highest BCUT2D eigenvalue weighted by Crippen LogP contribution is 2.32. The monoisotopic (exact) mass is 316 g/mol. The maximum Gasteiger partial charge on any atom is 0.117 e. The van der Waals surface area contributed by atoms with Crippen molar-refractivity contribution in [1.29, 1.82) is 0 Å². The van der Waals surface area contributed by atoms with Gasteiger partial charge in [-0.2, -0.15) is 0 Å². The van der Waals surface area contributed by atoms with Crippen molar-refractivity contribution in [3.8, 4) is 0 Å². The summed E-state index contributed by atoms with van der Waals surface area (Å²) >= 11 is 0. The van der Waals surface area contributed by atoms with Crippen LogP contribution in [0.15, 0.2) is 79.4 Å². The molecule has 122 valence electrons. The molecule has 0 spiro atoms. The van der Waals surface area contributed by atoms with E-state index in [-0.39, 0.29) is 0 Å². The number of rotatable bonds is 6. The largest absolute Gasteiger partial charge is 0.333 e. The lowest BCUT2D eigenvalue weighted by atomic mass is 10.1. The molecule has 24 heavy (non-hydrogen) atoms. The van der Waals surface area contributed by atoms with Crippen LogP contribution in [0.25, 0.3) is 12.2 Å². The Hall–Kier alpha value is -2.74. The summed E-state index contributed by atoms with van der Waals surface area (Å²) in [5.41, 5.74) is 3.50. The highest BCUT2D eigenvalue weighted by atomic mass is 15.4. The van der Waals surface area contributed by atoms with Crippen molar-refractivity contribution in [3.63, 3.8) is 0 Å². The molecule has 1 aliphatic heterocycles. The molecule has 0 radical (unpaired) electrons. The molecule has 2 aromatic rings. The second-order valence-electron chi connectivity index (χ2n) is 5.89. The molecular weight excluding hydrogens is 292 g/mol. The fourth-order valence-electron chi connectivity index (χ4n) is 2.89. The summed E-state index contributed by atoms with van der Waals surface area (Å²) in [7, 11) is 0. The number of anilines is 1. The summed E-state index contributed by atoms with van der Waals surface area (Å²) < 4.78 is 0. The number of unbranched alkanes of at least 4 members (excludes halogenated alkanes) is 1. The van der Waals surface area contributed by atoms with E-state index < -0.39 is 0 Å². The van der Waals surface area contributed by atoms with Gasteiger partial charge in [-0.15, -0.1) is 0 Å². The minimum atomic E-state index is 1.03. The Morgan fingerprint density at radius 1 is 0.958 bits per heavy atom. The predicted octanol–water partition coefficient (Wildman–Crippen LogP) is 5.72. The first kappa shape index (κ1) is 16.1. The normalized spacial score (nSPS) is 15.3. The lowest BCUT2D eigenvalue weighted by Gasteiger charge is -2.26. The molecule has 0 aromatic heterocycles. The molecule has 0 amide bonds. The molecule has 0 fully saturated rings. The SMILES string of the molecule is C=Cc1ccccc1N1C=CN(CCCC)/C1=C\c1ccccc1. The van der Waals surface area contributed by atoms with Crippen LogP contribution in [0.2, 0.25) is 0 Å². The van der Waals surface area contributed by atoms with Crippen molar-refractivity contribution >= 4 is 17.8 Å². The van der Waals surface area contributed by atoms with Gasteiger partial charge in [0.05, 0.1) is 5.69 Å². The smallest absolute Gasteiger partial charge is 0.117 e. The second kappa shape index (κ2) is 7.69. The fraction of sp³-hybridized carbons (Fsp3) is 0.182. The molecule has 1 aliphatic rings. The summed E-state index contributed by atoms with van der Waals surface area (Å²) in [6.45, 7) is 7.21. The van der Waals surface area contributed by atoms with Crippen LogP contribution in [0.1, 0.15) is 30.9 Å². The van der Waals surface area contributed by atoms with Gasteiger partial charge in [0.25, 0.3) is 0 Å². The zero-order chi connectivity index (χ0) is 16.8. The summed E-state index contributed by atoms with van der Waals surface area (Å²) in [5, 5.41) is 0. The quantitative estimate of drug-likeness (QED) is 0.672. The topological polar surface area (TPSA) is 6.48 Å². The summed E-state index contributed by atoms with van der Waals surface area (Å²) in [6.07, 6.45) is 10.8. The lowest BCUT2D eigenvalue weighted by molar-refractivity contribution is 0.463. The molecule has 1 heterocycles. The van der Waals surface area contributed by atoms with E-state index in [1.165, 1.54) is 24.2 Å². The van der Waals surface area contributed by atoms with Gasteiger partial charge in [-0.25, -0.2) is 0 Å². The van der Waals surface area contributed by atoms with Crippen molar-refractivity contribution in [2.24, 2.45) is 0 Å². The molecule has 0 saturated carbocycles. The highest BCUT2D eigenvalue weighted by Gasteiger charge is 2.22. The molecule has 0 atom stereocenters. The molecule has 2 aromatic carbocycles. The Balaban J connectivity index is 2.00. The van der Waals surface area contributed by atoms with Crippen LogP contribution < -0.4 is 4.90 Å². The van der Waals surface area contributed by atoms with Gasteiger partial charge in [-0.05, 0) is 29.7 Å². The van der Waals surface area contributed by atoms with Crippen LogP contribution in [0, 0.1) is 0 Å². The van der Waals surface area contributed by atoms with Gasteiger partial charge in [-0.1, -0.05) is 74.5 Å². The zero-order valence-corrected chi connectivity index (χ0v) is 14.2.